The number of cyclic esters (lactones) is 1. The van der Waals surface area contributed by atoms with Crippen LogP contribution in [-0.4, -0.2) is 32.0 Å². The molecule has 0 N–H and O–H groups in total. The van der Waals surface area contributed by atoms with Crippen LogP contribution in [-0.2, 0) is 9.47 Å². The zero-order valence-corrected chi connectivity index (χ0v) is 12.8. The second-order valence-corrected chi connectivity index (χ2v) is 5.54. The van der Waals surface area contributed by atoms with Gasteiger partial charge in [-0.2, -0.15) is 0 Å². The first-order valence-electron chi connectivity index (χ1n) is 7.12. The monoisotopic (exact) mass is 287 g/mol. The zero-order chi connectivity index (χ0) is 15.4. The van der Waals surface area contributed by atoms with Gasteiger partial charge in [0.1, 0.15) is 12.7 Å². The van der Waals surface area contributed by atoms with E-state index in [1.807, 2.05) is 13.0 Å². The van der Waals surface area contributed by atoms with Gasteiger partial charge in [-0.3, -0.25) is 4.90 Å². The maximum atomic E-state index is 12.1. The van der Waals surface area contributed by atoms with Gasteiger partial charge in [0.15, 0.2) is 0 Å². The normalized spacial score (nSPS) is 18.0. The summed E-state index contributed by atoms with van der Waals surface area (Å²) in [6, 6.07) is 6.20. The number of terminal acetylenes is 1. The number of aryl methyl sites for hydroxylation is 1. The quantitative estimate of drug-likeness (QED) is 0.617. The molecule has 0 saturated carbocycles. The van der Waals surface area contributed by atoms with Gasteiger partial charge in [-0.1, -0.05) is 31.9 Å². The van der Waals surface area contributed by atoms with Crippen LogP contribution in [0.1, 0.15) is 30.9 Å². The van der Waals surface area contributed by atoms with E-state index >= 15 is 0 Å². The lowest BCUT2D eigenvalue weighted by Crippen LogP contribution is -2.26. The number of amides is 1. The molecular formula is C17H21NO3. The fourth-order valence-corrected chi connectivity index (χ4v) is 2.33. The number of carbonyl (C=O) groups excluding carboxylic acids is 1. The Morgan fingerprint density at radius 2 is 2.29 bits per heavy atom. The second-order valence-electron chi connectivity index (χ2n) is 5.54. The first-order valence-corrected chi connectivity index (χ1v) is 7.12. The largest absolute Gasteiger partial charge is 0.441 e. The highest BCUT2D eigenvalue weighted by molar-refractivity contribution is 5.90. The van der Waals surface area contributed by atoms with Gasteiger partial charge in [0, 0.05) is 0 Å². The Labute approximate surface area is 126 Å². The molecule has 1 saturated heterocycles. The molecule has 1 amide bonds. The van der Waals surface area contributed by atoms with E-state index in [-0.39, 0.29) is 18.8 Å². The van der Waals surface area contributed by atoms with Crippen molar-refractivity contribution in [3.8, 4) is 12.3 Å². The summed E-state index contributed by atoms with van der Waals surface area (Å²) in [4.78, 5) is 13.7. The third kappa shape index (κ3) is 3.56. The van der Waals surface area contributed by atoms with Gasteiger partial charge in [0.25, 0.3) is 0 Å². The average molecular weight is 287 g/mol. The van der Waals surface area contributed by atoms with E-state index in [1.165, 1.54) is 5.56 Å². The van der Waals surface area contributed by atoms with Gasteiger partial charge in [-0.15, -0.1) is 6.42 Å². The van der Waals surface area contributed by atoms with Crippen LogP contribution in [0.5, 0.6) is 0 Å². The smallest absolute Gasteiger partial charge is 0.414 e. The number of ether oxygens (including phenoxy) is 2. The van der Waals surface area contributed by atoms with E-state index in [9.17, 15) is 4.79 Å². The van der Waals surface area contributed by atoms with E-state index in [1.54, 1.807) is 4.90 Å². The summed E-state index contributed by atoms with van der Waals surface area (Å²) in [5.41, 5.74) is 3.17. The molecule has 1 heterocycles. The summed E-state index contributed by atoms with van der Waals surface area (Å²) >= 11 is 0. The van der Waals surface area contributed by atoms with Crippen LogP contribution in [0.2, 0.25) is 0 Å². The molecule has 1 aromatic carbocycles. The minimum atomic E-state index is -0.326. The van der Waals surface area contributed by atoms with Gasteiger partial charge < -0.3 is 9.47 Å². The van der Waals surface area contributed by atoms with E-state index in [4.69, 9.17) is 15.9 Å². The highest BCUT2D eigenvalue weighted by Gasteiger charge is 2.33. The molecule has 1 aromatic rings. The number of hydrogen-bond donors (Lipinski definition) is 0. The van der Waals surface area contributed by atoms with E-state index < -0.39 is 0 Å². The van der Waals surface area contributed by atoms with E-state index in [0.717, 1.165) is 11.3 Å². The topological polar surface area (TPSA) is 38.8 Å². The Morgan fingerprint density at radius 1 is 1.52 bits per heavy atom. The second kappa shape index (κ2) is 6.64. The van der Waals surface area contributed by atoms with Crippen LogP contribution in [0.3, 0.4) is 0 Å². The predicted molar refractivity (Wildman–Crippen MR) is 82.5 cm³/mol. The number of anilines is 1. The fraction of sp³-hybridized carbons (Fsp3) is 0.471. The molecular weight excluding hydrogens is 266 g/mol. The van der Waals surface area contributed by atoms with Crippen LogP contribution in [0.4, 0.5) is 10.5 Å². The number of hydrogen-bond acceptors (Lipinski definition) is 3. The summed E-state index contributed by atoms with van der Waals surface area (Å²) in [7, 11) is 0. The molecule has 0 aliphatic carbocycles. The minimum absolute atomic E-state index is 0.232. The van der Waals surface area contributed by atoms with Crippen molar-refractivity contribution in [2.45, 2.75) is 32.8 Å². The van der Waals surface area contributed by atoms with Crippen molar-refractivity contribution in [1.29, 1.82) is 0 Å². The number of carbonyl (C=O) groups is 1. The Morgan fingerprint density at radius 3 is 2.95 bits per heavy atom. The molecule has 1 aliphatic rings. The molecule has 1 unspecified atom stereocenters. The van der Waals surface area contributed by atoms with Crippen molar-refractivity contribution < 1.29 is 14.3 Å². The van der Waals surface area contributed by atoms with Crippen molar-refractivity contribution in [2.75, 3.05) is 24.7 Å². The van der Waals surface area contributed by atoms with Crippen molar-refractivity contribution in [1.82, 2.24) is 0 Å². The highest BCUT2D eigenvalue weighted by atomic mass is 16.6. The Hall–Kier alpha value is -1.99. The summed E-state index contributed by atoms with van der Waals surface area (Å²) in [5, 5.41) is 0. The minimum Gasteiger partial charge on any atom is -0.441 e. The van der Waals surface area contributed by atoms with E-state index in [2.05, 4.69) is 31.9 Å². The molecule has 0 spiro atoms. The molecule has 1 aliphatic heterocycles. The van der Waals surface area contributed by atoms with Gasteiger partial charge >= 0.3 is 6.09 Å². The highest BCUT2D eigenvalue weighted by Crippen LogP contribution is 2.29. The van der Waals surface area contributed by atoms with Crippen LogP contribution in [0.15, 0.2) is 18.2 Å². The summed E-state index contributed by atoms with van der Waals surface area (Å²) in [5.74, 6) is 2.81. The first kappa shape index (κ1) is 15.4. The summed E-state index contributed by atoms with van der Waals surface area (Å²) < 4.78 is 10.6. The maximum Gasteiger partial charge on any atom is 0.414 e. The molecule has 4 nitrogen and oxygen atoms in total. The van der Waals surface area contributed by atoms with E-state index in [0.29, 0.717) is 19.1 Å². The lowest BCUT2D eigenvalue weighted by Gasteiger charge is -2.18. The fourth-order valence-electron chi connectivity index (χ4n) is 2.33. The Balaban J connectivity index is 2.13. The lowest BCUT2D eigenvalue weighted by atomic mass is 10.00. The van der Waals surface area contributed by atoms with Crippen LogP contribution in [0, 0.1) is 19.3 Å². The van der Waals surface area contributed by atoms with Crippen molar-refractivity contribution in [3.63, 3.8) is 0 Å². The first-order chi connectivity index (χ1) is 10.0. The maximum absolute atomic E-state index is 12.1. The summed E-state index contributed by atoms with van der Waals surface area (Å²) in [6.45, 7) is 7.31. The molecule has 0 radical (unpaired) electrons. The molecule has 1 atom stereocenters. The van der Waals surface area contributed by atoms with Crippen molar-refractivity contribution >= 4 is 11.8 Å². The average Bonchev–Trinajstić information content (AvgIpc) is 2.80. The van der Waals surface area contributed by atoms with Gasteiger partial charge in [-0.05, 0) is 30.0 Å². The van der Waals surface area contributed by atoms with Crippen molar-refractivity contribution in [2.24, 2.45) is 0 Å². The standard InChI is InChI=1S/C17H21NO3/c1-5-8-20-11-15-10-18(17(19)21-15)16-9-14(12(2)3)7-6-13(16)4/h1,6-7,9,12,15H,8,10-11H2,2-4H3. The molecule has 21 heavy (non-hydrogen) atoms. The molecule has 4 heteroatoms. The van der Waals surface area contributed by atoms with Crippen LogP contribution >= 0.6 is 0 Å². The molecule has 112 valence electrons. The van der Waals surface area contributed by atoms with Gasteiger partial charge in [0.2, 0.25) is 0 Å². The molecule has 1 fully saturated rings. The number of benzene rings is 1. The SMILES string of the molecule is C#CCOCC1CN(c2cc(C(C)C)ccc2C)C(=O)O1. The van der Waals surface area contributed by atoms with Crippen LogP contribution in [0.25, 0.3) is 0 Å². The Kier molecular flexibility index (Phi) is 4.87. The Bertz CT molecular complexity index is 560. The number of rotatable bonds is 5. The summed E-state index contributed by atoms with van der Waals surface area (Å²) in [6.07, 6.45) is 4.53. The van der Waals surface area contributed by atoms with Crippen LogP contribution < -0.4 is 4.90 Å². The van der Waals surface area contributed by atoms with Crippen molar-refractivity contribution in [3.05, 3.63) is 29.3 Å². The van der Waals surface area contributed by atoms with Gasteiger partial charge in [0.05, 0.1) is 18.8 Å². The third-order valence-corrected chi connectivity index (χ3v) is 3.55. The zero-order valence-electron chi connectivity index (χ0n) is 12.8. The lowest BCUT2D eigenvalue weighted by molar-refractivity contribution is 0.0598. The molecule has 2 rings (SSSR count). The molecule has 0 aromatic heterocycles. The van der Waals surface area contributed by atoms with Gasteiger partial charge in [-0.25, -0.2) is 4.79 Å². The third-order valence-electron chi connectivity index (χ3n) is 3.55. The molecule has 0 bridgehead atoms. The number of nitrogens with zero attached hydrogens (tertiary/aromatic N) is 1. The predicted octanol–water partition coefficient (Wildman–Crippen LogP) is 3.09.